The molecule has 1 saturated carbocycles. The fourth-order valence-corrected chi connectivity index (χ4v) is 4.15. The monoisotopic (exact) mass is 375 g/mol. The molecule has 1 aliphatic heterocycles. The van der Waals surface area contributed by atoms with Gasteiger partial charge in [0.2, 0.25) is 0 Å². The van der Waals surface area contributed by atoms with Gasteiger partial charge < -0.3 is 15.2 Å². The molecule has 9 heteroatoms. The number of aliphatic imine (C=N–C) groups is 2. The molecule has 0 saturated heterocycles. The minimum Gasteiger partial charge on any atom is -0.593 e. The predicted octanol–water partition coefficient (Wildman–Crippen LogP) is 1.73. The summed E-state index contributed by atoms with van der Waals surface area (Å²) in [6, 6.07) is 0.223. The van der Waals surface area contributed by atoms with Gasteiger partial charge in [0, 0.05) is 19.6 Å². The van der Waals surface area contributed by atoms with Gasteiger partial charge in [0.25, 0.3) is 0 Å². The van der Waals surface area contributed by atoms with Gasteiger partial charge in [-0.15, -0.1) is 4.72 Å². The largest absolute Gasteiger partial charge is 0.593 e. The summed E-state index contributed by atoms with van der Waals surface area (Å²) in [6.07, 6.45) is 2.83. The molecule has 0 aromatic rings. The summed E-state index contributed by atoms with van der Waals surface area (Å²) >= 11 is -2.29. The van der Waals surface area contributed by atoms with E-state index < -0.39 is 23.3 Å². The van der Waals surface area contributed by atoms with Crippen molar-refractivity contribution < 1.29 is 13.3 Å². The van der Waals surface area contributed by atoms with Crippen molar-refractivity contribution in [1.82, 2.24) is 9.62 Å². The molecular weight excluding hydrogens is 348 g/mol. The van der Waals surface area contributed by atoms with Gasteiger partial charge in [0.15, 0.2) is 0 Å². The molecule has 1 fully saturated rings. The topological polar surface area (TPSA) is 89.1 Å². The van der Waals surface area contributed by atoms with Gasteiger partial charge in [-0.3, -0.25) is 4.99 Å². The van der Waals surface area contributed by atoms with Gasteiger partial charge >= 0.3 is 5.76 Å². The number of amidine groups is 1. The van der Waals surface area contributed by atoms with Crippen molar-refractivity contribution in [3.8, 4) is 0 Å². The molecule has 6 nitrogen and oxygen atoms in total. The first-order valence-electron chi connectivity index (χ1n) is 8.37. The highest BCUT2D eigenvalue weighted by molar-refractivity contribution is 7.89. The van der Waals surface area contributed by atoms with Crippen LogP contribution in [0.2, 0.25) is 0 Å². The highest BCUT2D eigenvalue weighted by Gasteiger charge is 2.38. The lowest BCUT2D eigenvalue weighted by Crippen LogP contribution is -2.47. The molecule has 3 N–H and O–H groups in total. The third-order valence-electron chi connectivity index (χ3n) is 5.16. The van der Waals surface area contributed by atoms with Gasteiger partial charge in [-0.25, -0.2) is 4.99 Å². The first-order valence-corrected chi connectivity index (χ1v) is 9.59. The molecule has 2 aliphatic rings. The van der Waals surface area contributed by atoms with E-state index in [1.807, 2.05) is 14.0 Å². The molecule has 142 valence electrons. The molecule has 0 bridgehead atoms. The third-order valence-corrected chi connectivity index (χ3v) is 5.94. The molecule has 1 heterocycles. The van der Waals surface area contributed by atoms with Gasteiger partial charge in [-0.2, -0.15) is 8.78 Å². The smallest absolute Gasteiger partial charge is 0.416 e. The Hall–Kier alpha value is -1.03. The van der Waals surface area contributed by atoms with Crippen LogP contribution in [0.1, 0.15) is 26.7 Å². The first-order chi connectivity index (χ1) is 11.7. The fourth-order valence-electron chi connectivity index (χ4n) is 3.65. The molecule has 0 aromatic carbocycles. The molecule has 6 atom stereocenters. The van der Waals surface area contributed by atoms with Crippen LogP contribution in [0.3, 0.4) is 0 Å². The average molecular weight is 375 g/mol. The Morgan fingerprint density at radius 1 is 1.56 bits per heavy atom. The second-order valence-corrected chi connectivity index (χ2v) is 8.19. The first kappa shape index (κ1) is 20.3. The van der Waals surface area contributed by atoms with Crippen LogP contribution in [-0.4, -0.2) is 53.2 Å². The zero-order valence-electron chi connectivity index (χ0n) is 14.9. The molecule has 0 aromatic heterocycles. The minimum absolute atomic E-state index is 0.131. The van der Waals surface area contributed by atoms with Crippen LogP contribution in [0.5, 0.6) is 0 Å². The summed E-state index contributed by atoms with van der Waals surface area (Å²) in [6.45, 7) is 8.34. The zero-order chi connectivity index (χ0) is 18.7. The number of alkyl halides is 2. The number of halogens is 2. The summed E-state index contributed by atoms with van der Waals surface area (Å²) in [5.41, 5.74) is 7.00. The van der Waals surface area contributed by atoms with E-state index >= 15 is 0 Å². The zero-order valence-corrected chi connectivity index (χ0v) is 15.7. The Balaban J connectivity index is 2.01. The lowest BCUT2D eigenvalue weighted by Gasteiger charge is -2.35. The Morgan fingerprint density at radius 2 is 2.24 bits per heavy atom. The maximum Gasteiger partial charge on any atom is 0.416 e. The predicted molar refractivity (Wildman–Crippen MR) is 97.8 cm³/mol. The van der Waals surface area contributed by atoms with Crippen LogP contribution in [0.4, 0.5) is 8.78 Å². The van der Waals surface area contributed by atoms with E-state index in [2.05, 4.69) is 33.1 Å². The molecule has 0 amide bonds. The summed E-state index contributed by atoms with van der Waals surface area (Å²) in [4.78, 5) is 10.7. The summed E-state index contributed by atoms with van der Waals surface area (Å²) < 4.78 is 38.4. The van der Waals surface area contributed by atoms with Crippen molar-refractivity contribution >= 4 is 23.5 Å². The maximum absolute atomic E-state index is 12.4. The minimum atomic E-state index is -2.86. The average Bonchev–Trinajstić information content (AvgIpc) is 2.92. The quantitative estimate of drug-likeness (QED) is 0.546. The SMILES string of the molecule is C=C(C)C1C(N(C)C2CC(C)C(CN[S+]([O-])C(F)F)C2)=NC=NC1N. The molecule has 0 spiro atoms. The highest BCUT2D eigenvalue weighted by atomic mass is 32.2. The van der Waals surface area contributed by atoms with Crippen molar-refractivity contribution in [2.75, 3.05) is 13.6 Å². The Bertz CT molecular complexity index is 545. The molecule has 2 rings (SSSR count). The Kier molecular flexibility index (Phi) is 6.95. The number of rotatable bonds is 6. The van der Waals surface area contributed by atoms with E-state index in [9.17, 15) is 13.3 Å². The van der Waals surface area contributed by atoms with Gasteiger partial charge in [-0.1, -0.05) is 19.1 Å². The normalized spacial score (nSPS) is 33.4. The Labute approximate surface area is 151 Å². The second-order valence-electron chi connectivity index (χ2n) is 6.95. The summed E-state index contributed by atoms with van der Waals surface area (Å²) in [7, 11) is 1.98. The van der Waals surface area contributed by atoms with Crippen LogP contribution in [0, 0.1) is 17.8 Å². The van der Waals surface area contributed by atoms with Gasteiger partial charge in [0.1, 0.15) is 29.7 Å². The molecule has 1 aliphatic carbocycles. The highest BCUT2D eigenvalue weighted by Crippen LogP contribution is 2.35. The maximum atomic E-state index is 12.4. The molecular formula is C16H27F2N5OS. The van der Waals surface area contributed by atoms with E-state index in [0.717, 1.165) is 24.3 Å². The number of nitrogens with one attached hydrogen (secondary N) is 1. The van der Waals surface area contributed by atoms with E-state index in [1.165, 1.54) is 6.34 Å². The van der Waals surface area contributed by atoms with Crippen LogP contribution < -0.4 is 10.5 Å². The number of nitrogens with two attached hydrogens (primary N) is 1. The standard InChI is InChI=1S/C16H27F2N5OS/c1-9(2)13-14(19)20-8-21-15(13)23(4)12-5-10(3)11(6-12)7-22-25(24)16(17)18/h8,10-14,16,22H,1,5-7,19H2,2-4H3. The van der Waals surface area contributed by atoms with Crippen molar-refractivity contribution in [3.05, 3.63) is 12.2 Å². The fraction of sp³-hybridized carbons (Fsp3) is 0.750. The number of nitrogens with zero attached hydrogens (tertiary/aromatic N) is 3. The van der Waals surface area contributed by atoms with Crippen molar-refractivity contribution in [3.63, 3.8) is 0 Å². The van der Waals surface area contributed by atoms with Crippen molar-refractivity contribution in [1.29, 1.82) is 0 Å². The molecule has 6 unspecified atom stereocenters. The van der Waals surface area contributed by atoms with E-state index in [4.69, 9.17) is 5.73 Å². The van der Waals surface area contributed by atoms with Crippen LogP contribution in [-0.2, 0) is 11.4 Å². The second kappa shape index (κ2) is 8.57. The number of hydrogen-bond acceptors (Lipinski definition) is 6. The van der Waals surface area contributed by atoms with Crippen LogP contribution >= 0.6 is 0 Å². The van der Waals surface area contributed by atoms with E-state index in [1.54, 1.807) is 0 Å². The van der Waals surface area contributed by atoms with Gasteiger partial charge in [-0.05, 0) is 31.6 Å². The lowest BCUT2D eigenvalue weighted by atomic mass is 9.95. The van der Waals surface area contributed by atoms with E-state index in [0.29, 0.717) is 12.5 Å². The van der Waals surface area contributed by atoms with Crippen molar-refractivity contribution in [2.24, 2.45) is 33.5 Å². The van der Waals surface area contributed by atoms with Crippen LogP contribution in [0.15, 0.2) is 22.1 Å². The van der Waals surface area contributed by atoms with Crippen molar-refractivity contribution in [2.45, 2.75) is 44.7 Å². The summed E-state index contributed by atoms with van der Waals surface area (Å²) in [5, 5.41) is 0. The Morgan fingerprint density at radius 3 is 2.84 bits per heavy atom. The lowest BCUT2D eigenvalue weighted by molar-refractivity contribution is 0.231. The number of hydrogen-bond donors (Lipinski definition) is 2. The summed E-state index contributed by atoms with van der Waals surface area (Å²) in [5.74, 6) is -1.62. The van der Waals surface area contributed by atoms with Crippen LogP contribution in [0.25, 0.3) is 0 Å². The third kappa shape index (κ3) is 4.78. The molecule has 0 radical (unpaired) electrons. The molecule has 25 heavy (non-hydrogen) atoms. The van der Waals surface area contributed by atoms with E-state index in [-0.39, 0.29) is 17.9 Å². The van der Waals surface area contributed by atoms with Gasteiger partial charge in [0.05, 0.1) is 5.92 Å².